The van der Waals surface area contributed by atoms with E-state index >= 15 is 0 Å². The van der Waals surface area contributed by atoms with Crippen molar-refractivity contribution in [1.29, 1.82) is 0 Å². The van der Waals surface area contributed by atoms with Crippen molar-refractivity contribution in [3.63, 3.8) is 0 Å². The van der Waals surface area contributed by atoms with Crippen LogP contribution in [-0.4, -0.2) is 49.5 Å². The molecule has 0 atom stereocenters. The maximum absolute atomic E-state index is 10.9. The Hall–Kier alpha value is -3.27. The maximum atomic E-state index is 10.9. The van der Waals surface area contributed by atoms with Crippen LogP contribution in [0.4, 0.5) is 0 Å². The van der Waals surface area contributed by atoms with Gasteiger partial charge in [-0.1, -0.05) is 24.3 Å². The molecule has 2 aromatic carbocycles. The quantitative estimate of drug-likeness (QED) is 0.491. The average Bonchev–Trinajstić information content (AvgIpc) is 2.68. The molecule has 0 amide bonds. The minimum absolute atomic E-state index is 0. The van der Waals surface area contributed by atoms with E-state index in [4.69, 9.17) is 10.2 Å². The van der Waals surface area contributed by atoms with Crippen LogP contribution in [0.25, 0.3) is 21.8 Å². The first-order valence-corrected chi connectivity index (χ1v) is 8.55. The van der Waals surface area contributed by atoms with E-state index in [1.807, 2.05) is 38.1 Å². The van der Waals surface area contributed by atoms with Crippen molar-refractivity contribution in [3.8, 4) is 0 Å². The fourth-order valence-corrected chi connectivity index (χ4v) is 2.97. The SMILES string of the molecule is Cc1ccnc2c(C(=O)O)cccc12.Cc1ccnc2c(C(=O)O)cccc12.[Al]. The normalized spacial score (nSPS) is 10.0. The van der Waals surface area contributed by atoms with Crippen molar-refractivity contribution in [2.45, 2.75) is 13.8 Å². The molecule has 0 saturated carbocycles. The summed E-state index contributed by atoms with van der Waals surface area (Å²) in [6, 6.07) is 14.1. The Morgan fingerprint density at radius 1 is 0.690 bits per heavy atom. The molecule has 0 fully saturated rings. The number of aryl methyl sites for hydroxylation is 2. The molecule has 0 aliphatic heterocycles. The molecule has 4 aromatic rings. The highest BCUT2D eigenvalue weighted by atomic mass is 27.0. The third-order valence-corrected chi connectivity index (χ3v) is 4.44. The first kappa shape index (κ1) is 22.0. The predicted molar refractivity (Wildman–Crippen MR) is 113 cm³/mol. The van der Waals surface area contributed by atoms with Gasteiger partial charge in [-0.2, -0.15) is 0 Å². The van der Waals surface area contributed by atoms with Gasteiger partial charge in [0.2, 0.25) is 0 Å². The van der Waals surface area contributed by atoms with Crippen molar-refractivity contribution >= 4 is 51.1 Å². The fraction of sp³-hybridized carbons (Fsp3) is 0.0909. The van der Waals surface area contributed by atoms with Crippen LogP contribution in [0.2, 0.25) is 0 Å². The summed E-state index contributed by atoms with van der Waals surface area (Å²) in [7, 11) is 0. The number of fused-ring (bicyclic) bond motifs is 2. The Bertz CT molecular complexity index is 1110. The smallest absolute Gasteiger partial charge is 0.337 e. The number of rotatable bonds is 2. The lowest BCUT2D eigenvalue weighted by molar-refractivity contribution is 0.0688. The number of carboxylic acids is 2. The van der Waals surface area contributed by atoms with Crippen LogP contribution < -0.4 is 0 Å². The molecule has 3 radical (unpaired) electrons. The predicted octanol–water partition coefficient (Wildman–Crippen LogP) is 4.10. The highest BCUT2D eigenvalue weighted by Gasteiger charge is 2.10. The summed E-state index contributed by atoms with van der Waals surface area (Å²) in [6.45, 7) is 3.88. The van der Waals surface area contributed by atoms with Gasteiger partial charge in [0.25, 0.3) is 0 Å². The second-order valence-corrected chi connectivity index (χ2v) is 6.27. The minimum Gasteiger partial charge on any atom is -0.478 e. The van der Waals surface area contributed by atoms with Crippen molar-refractivity contribution in [3.05, 3.63) is 83.2 Å². The summed E-state index contributed by atoms with van der Waals surface area (Å²) >= 11 is 0. The zero-order valence-electron chi connectivity index (χ0n) is 16.0. The summed E-state index contributed by atoms with van der Waals surface area (Å²) in [5.74, 6) is -1.87. The summed E-state index contributed by atoms with van der Waals surface area (Å²) in [5, 5.41) is 19.7. The van der Waals surface area contributed by atoms with E-state index in [1.165, 1.54) is 0 Å². The van der Waals surface area contributed by atoms with E-state index in [-0.39, 0.29) is 28.5 Å². The van der Waals surface area contributed by atoms with Crippen LogP contribution >= 0.6 is 0 Å². The van der Waals surface area contributed by atoms with Gasteiger partial charge in [-0.05, 0) is 49.2 Å². The molecule has 29 heavy (non-hydrogen) atoms. The lowest BCUT2D eigenvalue weighted by Crippen LogP contribution is -1.98. The molecule has 2 N–H and O–H groups in total. The molecule has 143 valence electrons. The van der Waals surface area contributed by atoms with Gasteiger partial charge >= 0.3 is 11.9 Å². The fourth-order valence-electron chi connectivity index (χ4n) is 2.97. The second-order valence-electron chi connectivity index (χ2n) is 6.27. The molecule has 0 bridgehead atoms. The Morgan fingerprint density at radius 3 is 1.41 bits per heavy atom. The van der Waals surface area contributed by atoms with E-state index in [0.29, 0.717) is 11.0 Å². The summed E-state index contributed by atoms with van der Waals surface area (Å²) in [6.07, 6.45) is 3.26. The van der Waals surface area contributed by atoms with Crippen LogP contribution in [0.5, 0.6) is 0 Å². The highest BCUT2D eigenvalue weighted by Crippen LogP contribution is 2.20. The van der Waals surface area contributed by atoms with Crippen LogP contribution in [0.1, 0.15) is 31.8 Å². The molecule has 0 spiro atoms. The topological polar surface area (TPSA) is 100 Å². The monoisotopic (exact) mass is 401 g/mol. The Balaban J connectivity index is 0.000000200. The third kappa shape index (κ3) is 4.60. The van der Waals surface area contributed by atoms with Crippen molar-refractivity contribution in [2.75, 3.05) is 0 Å². The Labute approximate surface area is 178 Å². The van der Waals surface area contributed by atoms with Crippen LogP contribution in [0, 0.1) is 13.8 Å². The molecule has 0 saturated heterocycles. The number of pyridine rings is 2. The standard InChI is InChI=1S/2C11H9NO2.Al/c2*1-7-5-6-12-10-8(7)3-2-4-9(10)11(13)14;/h2*2-6H,1H3,(H,13,14);. The van der Waals surface area contributed by atoms with Gasteiger partial charge in [0, 0.05) is 40.5 Å². The summed E-state index contributed by atoms with van der Waals surface area (Å²) in [4.78, 5) is 29.9. The maximum Gasteiger partial charge on any atom is 0.337 e. The van der Waals surface area contributed by atoms with Gasteiger partial charge in [-0.3, -0.25) is 9.97 Å². The van der Waals surface area contributed by atoms with Gasteiger partial charge in [0.15, 0.2) is 0 Å². The molecule has 0 aliphatic carbocycles. The van der Waals surface area contributed by atoms with Crippen molar-refractivity contribution in [2.24, 2.45) is 0 Å². The minimum atomic E-state index is -0.936. The number of aromatic nitrogens is 2. The lowest BCUT2D eigenvalue weighted by Gasteiger charge is -2.03. The van der Waals surface area contributed by atoms with Crippen molar-refractivity contribution < 1.29 is 19.8 Å². The molecular weight excluding hydrogens is 383 g/mol. The third-order valence-electron chi connectivity index (χ3n) is 4.44. The molecule has 4 rings (SSSR count). The first-order chi connectivity index (χ1) is 13.4. The number of carbonyl (C=O) groups is 2. The number of aromatic carboxylic acids is 2. The number of benzene rings is 2. The van der Waals surface area contributed by atoms with Crippen LogP contribution in [0.3, 0.4) is 0 Å². The molecule has 0 aliphatic rings. The lowest BCUT2D eigenvalue weighted by atomic mass is 10.1. The largest absolute Gasteiger partial charge is 0.478 e. The van der Waals surface area contributed by atoms with E-state index in [0.717, 1.165) is 21.9 Å². The first-order valence-electron chi connectivity index (χ1n) is 8.55. The van der Waals surface area contributed by atoms with E-state index in [2.05, 4.69) is 9.97 Å². The summed E-state index contributed by atoms with van der Waals surface area (Å²) in [5.41, 5.74) is 3.70. The second kappa shape index (κ2) is 9.29. The van der Waals surface area contributed by atoms with Crippen LogP contribution in [0.15, 0.2) is 60.9 Å². The molecule has 0 unspecified atom stereocenters. The Kier molecular flexibility index (Phi) is 7.05. The number of nitrogens with zero attached hydrogens (tertiary/aromatic N) is 2. The highest BCUT2D eigenvalue weighted by molar-refractivity contribution is 6.03. The molecule has 6 nitrogen and oxygen atoms in total. The van der Waals surface area contributed by atoms with Gasteiger partial charge < -0.3 is 10.2 Å². The van der Waals surface area contributed by atoms with Gasteiger partial charge in [0.05, 0.1) is 22.2 Å². The van der Waals surface area contributed by atoms with Crippen molar-refractivity contribution in [1.82, 2.24) is 9.97 Å². The Morgan fingerprint density at radius 2 is 1.07 bits per heavy atom. The summed E-state index contributed by atoms with van der Waals surface area (Å²) < 4.78 is 0. The van der Waals surface area contributed by atoms with Gasteiger partial charge in [-0.15, -0.1) is 0 Å². The zero-order chi connectivity index (χ0) is 20.3. The number of para-hydroxylation sites is 2. The van der Waals surface area contributed by atoms with Gasteiger partial charge in [-0.25, -0.2) is 9.59 Å². The van der Waals surface area contributed by atoms with E-state index < -0.39 is 11.9 Å². The van der Waals surface area contributed by atoms with E-state index in [1.54, 1.807) is 36.7 Å². The molecule has 2 heterocycles. The molecule has 2 aromatic heterocycles. The van der Waals surface area contributed by atoms with Gasteiger partial charge in [0.1, 0.15) is 0 Å². The number of hydrogen-bond acceptors (Lipinski definition) is 4. The molecular formula is C22H18AlN2O4. The van der Waals surface area contributed by atoms with Crippen LogP contribution in [-0.2, 0) is 0 Å². The number of carboxylic acid groups (broad SMARTS) is 2. The zero-order valence-corrected chi connectivity index (χ0v) is 17.1. The van der Waals surface area contributed by atoms with E-state index in [9.17, 15) is 9.59 Å². The molecule has 7 heteroatoms. The average molecular weight is 401 g/mol. The number of hydrogen-bond donors (Lipinski definition) is 2.